The first kappa shape index (κ1) is 11.2. The molecule has 0 radical (unpaired) electrons. The van der Waals surface area contributed by atoms with E-state index < -0.39 is 0 Å². The molecular weight excluding hydrogens is 174 g/mol. The first-order valence-corrected chi connectivity index (χ1v) is 5.04. The fraction of sp³-hybridized carbons (Fsp3) is 0.500. The third-order valence-electron chi connectivity index (χ3n) is 2.69. The van der Waals surface area contributed by atoms with Crippen molar-refractivity contribution in [2.75, 3.05) is 13.2 Å². The molecule has 1 unspecified atom stereocenters. The quantitative estimate of drug-likeness (QED) is 0.759. The van der Waals surface area contributed by atoms with E-state index in [1.54, 1.807) is 0 Å². The van der Waals surface area contributed by atoms with Crippen molar-refractivity contribution >= 4 is 0 Å². The van der Waals surface area contributed by atoms with E-state index >= 15 is 0 Å². The number of rotatable bonds is 4. The van der Waals surface area contributed by atoms with Crippen molar-refractivity contribution in [2.45, 2.75) is 20.3 Å². The van der Waals surface area contributed by atoms with Crippen molar-refractivity contribution in [1.82, 2.24) is 0 Å². The third kappa shape index (κ3) is 2.82. The molecule has 1 atom stereocenters. The number of hydrogen-bond acceptors (Lipinski definition) is 2. The van der Waals surface area contributed by atoms with Gasteiger partial charge in [0.1, 0.15) is 0 Å². The van der Waals surface area contributed by atoms with Crippen LogP contribution < -0.4 is 5.73 Å². The molecule has 2 nitrogen and oxygen atoms in total. The van der Waals surface area contributed by atoms with Crippen molar-refractivity contribution < 1.29 is 5.11 Å². The Hall–Kier alpha value is -0.860. The highest BCUT2D eigenvalue weighted by Crippen LogP contribution is 2.13. The van der Waals surface area contributed by atoms with E-state index in [1.807, 2.05) is 0 Å². The van der Waals surface area contributed by atoms with Crippen LogP contribution in [-0.2, 0) is 6.42 Å². The number of aliphatic hydroxyl groups excluding tert-OH is 1. The van der Waals surface area contributed by atoms with E-state index in [0.29, 0.717) is 6.54 Å². The molecular formula is C12H19NO. The Morgan fingerprint density at radius 2 is 2.00 bits per heavy atom. The molecule has 0 aromatic heterocycles. The van der Waals surface area contributed by atoms with Crippen molar-refractivity contribution in [1.29, 1.82) is 0 Å². The summed E-state index contributed by atoms with van der Waals surface area (Å²) in [4.78, 5) is 0. The molecule has 0 saturated heterocycles. The second-order valence-corrected chi connectivity index (χ2v) is 3.91. The summed E-state index contributed by atoms with van der Waals surface area (Å²) < 4.78 is 0. The zero-order valence-electron chi connectivity index (χ0n) is 8.96. The van der Waals surface area contributed by atoms with Gasteiger partial charge in [0, 0.05) is 6.61 Å². The fourth-order valence-corrected chi connectivity index (χ4v) is 1.49. The largest absolute Gasteiger partial charge is 0.396 e. The van der Waals surface area contributed by atoms with Crippen LogP contribution in [0.1, 0.15) is 16.7 Å². The van der Waals surface area contributed by atoms with Crippen LogP contribution in [0.5, 0.6) is 0 Å². The van der Waals surface area contributed by atoms with Gasteiger partial charge in [-0.3, -0.25) is 0 Å². The monoisotopic (exact) mass is 193 g/mol. The van der Waals surface area contributed by atoms with Crippen LogP contribution in [-0.4, -0.2) is 18.3 Å². The van der Waals surface area contributed by atoms with Crippen LogP contribution in [0.3, 0.4) is 0 Å². The van der Waals surface area contributed by atoms with Gasteiger partial charge in [-0.2, -0.15) is 0 Å². The molecule has 0 aliphatic carbocycles. The van der Waals surface area contributed by atoms with Crippen LogP contribution in [0.25, 0.3) is 0 Å². The van der Waals surface area contributed by atoms with Crippen LogP contribution in [0.4, 0.5) is 0 Å². The van der Waals surface area contributed by atoms with Gasteiger partial charge in [0.05, 0.1) is 0 Å². The summed E-state index contributed by atoms with van der Waals surface area (Å²) in [5, 5.41) is 9.03. The normalized spacial score (nSPS) is 12.9. The SMILES string of the molecule is Cc1ccc(CC(CN)CO)cc1C. The molecule has 0 fully saturated rings. The molecule has 0 amide bonds. The zero-order chi connectivity index (χ0) is 10.6. The first-order chi connectivity index (χ1) is 6.67. The fourth-order valence-electron chi connectivity index (χ4n) is 1.49. The Balaban J connectivity index is 2.72. The number of aryl methyl sites for hydroxylation is 2. The van der Waals surface area contributed by atoms with Crippen molar-refractivity contribution in [3.8, 4) is 0 Å². The summed E-state index contributed by atoms with van der Waals surface area (Å²) in [6.45, 7) is 4.92. The molecule has 78 valence electrons. The summed E-state index contributed by atoms with van der Waals surface area (Å²) in [6, 6.07) is 6.41. The van der Waals surface area contributed by atoms with E-state index in [4.69, 9.17) is 10.8 Å². The molecule has 0 aliphatic rings. The van der Waals surface area contributed by atoms with E-state index in [-0.39, 0.29) is 12.5 Å². The van der Waals surface area contributed by atoms with E-state index in [9.17, 15) is 0 Å². The van der Waals surface area contributed by atoms with Gasteiger partial charge >= 0.3 is 0 Å². The summed E-state index contributed by atoms with van der Waals surface area (Å²) in [5.41, 5.74) is 9.41. The Morgan fingerprint density at radius 1 is 1.29 bits per heavy atom. The van der Waals surface area contributed by atoms with Crippen molar-refractivity contribution in [3.63, 3.8) is 0 Å². The van der Waals surface area contributed by atoms with Crippen LogP contribution in [0.2, 0.25) is 0 Å². The highest BCUT2D eigenvalue weighted by atomic mass is 16.3. The standard InChI is InChI=1S/C12H19NO/c1-9-3-4-11(5-10(9)2)6-12(7-13)8-14/h3-5,12,14H,6-8,13H2,1-2H3. The zero-order valence-corrected chi connectivity index (χ0v) is 8.96. The van der Waals surface area contributed by atoms with E-state index in [2.05, 4.69) is 32.0 Å². The molecule has 1 aromatic carbocycles. The lowest BCUT2D eigenvalue weighted by Crippen LogP contribution is -2.20. The number of benzene rings is 1. The average Bonchev–Trinajstić information content (AvgIpc) is 2.19. The van der Waals surface area contributed by atoms with Gasteiger partial charge in [0.25, 0.3) is 0 Å². The van der Waals surface area contributed by atoms with Crippen LogP contribution in [0, 0.1) is 19.8 Å². The minimum atomic E-state index is 0.170. The predicted molar refractivity (Wildman–Crippen MR) is 59.3 cm³/mol. The van der Waals surface area contributed by atoms with Gasteiger partial charge in [-0.05, 0) is 49.4 Å². The molecule has 0 saturated carbocycles. The molecule has 2 heteroatoms. The Kier molecular flexibility index (Phi) is 4.11. The Labute approximate surface area is 85.8 Å². The van der Waals surface area contributed by atoms with E-state index in [0.717, 1.165) is 6.42 Å². The number of nitrogens with two attached hydrogens (primary N) is 1. The van der Waals surface area contributed by atoms with Gasteiger partial charge in [0.15, 0.2) is 0 Å². The van der Waals surface area contributed by atoms with Crippen molar-refractivity contribution in [2.24, 2.45) is 11.7 Å². The lowest BCUT2D eigenvalue weighted by molar-refractivity contribution is 0.230. The van der Waals surface area contributed by atoms with Crippen LogP contribution >= 0.6 is 0 Å². The molecule has 0 bridgehead atoms. The summed E-state index contributed by atoms with van der Waals surface area (Å²) >= 11 is 0. The molecule has 0 spiro atoms. The highest BCUT2D eigenvalue weighted by molar-refractivity contribution is 5.30. The lowest BCUT2D eigenvalue weighted by Gasteiger charge is -2.12. The first-order valence-electron chi connectivity index (χ1n) is 5.04. The minimum absolute atomic E-state index is 0.170. The van der Waals surface area contributed by atoms with Gasteiger partial charge in [-0.25, -0.2) is 0 Å². The summed E-state index contributed by atoms with van der Waals surface area (Å²) in [6.07, 6.45) is 0.869. The maximum atomic E-state index is 9.03. The van der Waals surface area contributed by atoms with Crippen molar-refractivity contribution in [3.05, 3.63) is 34.9 Å². The molecule has 1 rings (SSSR count). The maximum absolute atomic E-state index is 9.03. The smallest absolute Gasteiger partial charge is 0.0474 e. The van der Waals surface area contributed by atoms with Gasteiger partial charge in [-0.15, -0.1) is 0 Å². The summed E-state index contributed by atoms with van der Waals surface area (Å²) in [5.74, 6) is 0.192. The molecule has 0 aliphatic heterocycles. The van der Waals surface area contributed by atoms with E-state index in [1.165, 1.54) is 16.7 Å². The Bertz CT molecular complexity index is 292. The average molecular weight is 193 g/mol. The topological polar surface area (TPSA) is 46.2 Å². The Morgan fingerprint density at radius 3 is 2.50 bits per heavy atom. The van der Waals surface area contributed by atoms with Crippen LogP contribution in [0.15, 0.2) is 18.2 Å². The van der Waals surface area contributed by atoms with Gasteiger partial charge in [0.2, 0.25) is 0 Å². The second kappa shape index (κ2) is 5.13. The molecule has 3 N–H and O–H groups in total. The number of aliphatic hydroxyl groups is 1. The molecule has 1 aromatic rings. The van der Waals surface area contributed by atoms with Gasteiger partial charge < -0.3 is 10.8 Å². The second-order valence-electron chi connectivity index (χ2n) is 3.91. The summed E-state index contributed by atoms with van der Waals surface area (Å²) in [7, 11) is 0. The minimum Gasteiger partial charge on any atom is -0.396 e. The highest BCUT2D eigenvalue weighted by Gasteiger charge is 2.06. The van der Waals surface area contributed by atoms with Gasteiger partial charge in [-0.1, -0.05) is 18.2 Å². The third-order valence-corrected chi connectivity index (χ3v) is 2.69. The molecule has 0 heterocycles. The maximum Gasteiger partial charge on any atom is 0.0474 e. The lowest BCUT2D eigenvalue weighted by atomic mass is 9.97. The molecule has 14 heavy (non-hydrogen) atoms. The number of hydrogen-bond donors (Lipinski definition) is 2. The predicted octanol–water partition coefficient (Wildman–Crippen LogP) is 1.41.